The molecule has 2 heterocycles. The fourth-order valence-corrected chi connectivity index (χ4v) is 1.96. The third kappa shape index (κ3) is 3.01. The molecule has 1 amide bonds. The summed E-state index contributed by atoms with van der Waals surface area (Å²) in [6, 6.07) is 1.67. The van der Waals surface area contributed by atoms with Gasteiger partial charge in [0.25, 0.3) is 5.91 Å². The predicted molar refractivity (Wildman–Crippen MR) is 80.8 cm³/mol. The van der Waals surface area contributed by atoms with Crippen molar-refractivity contribution in [3.05, 3.63) is 29.3 Å². The van der Waals surface area contributed by atoms with E-state index in [-0.39, 0.29) is 5.91 Å². The molecule has 0 aliphatic heterocycles. The Hall–Kier alpha value is -2.44. The Labute approximate surface area is 123 Å². The lowest BCUT2D eigenvalue weighted by Gasteiger charge is -2.12. The molecular weight excluding hydrogens is 268 g/mol. The maximum absolute atomic E-state index is 11.6. The number of hydrogen-bond donors (Lipinski definition) is 2. The smallest absolute Gasteiger partial charge is 0.271 e. The standard InChI is InChI=1S/C14H20N6O/c1-5-11-17-12(16-6-2)9(3)13(18-11)20-8-7-10(19-20)14(21)15-4/h7-8H,5-6H2,1-4H3,(H,15,21)(H,16,17,18). The van der Waals surface area contributed by atoms with E-state index in [9.17, 15) is 4.79 Å². The van der Waals surface area contributed by atoms with Gasteiger partial charge in [0, 0.05) is 31.8 Å². The average molecular weight is 288 g/mol. The van der Waals surface area contributed by atoms with Crippen molar-refractivity contribution < 1.29 is 4.79 Å². The van der Waals surface area contributed by atoms with Crippen LogP contribution in [-0.2, 0) is 6.42 Å². The van der Waals surface area contributed by atoms with Crippen molar-refractivity contribution in [1.29, 1.82) is 0 Å². The average Bonchev–Trinajstić information content (AvgIpc) is 2.98. The second-order valence-corrected chi connectivity index (χ2v) is 4.55. The Morgan fingerprint density at radius 3 is 2.71 bits per heavy atom. The minimum absolute atomic E-state index is 0.219. The predicted octanol–water partition coefficient (Wildman–Crippen LogP) is 1.32. The van der Waals surface area contributed by atoms with Crippen LogP contribution in [0.1, 0.15) is 35.7 Å². The highest BCUT2D eigenvalue weighted by Gasteiger charge is 2.14. The number of carbonyl (C=O) groups excluding carboxylic acids is 1. The zero-order valence-corrected chi connectivity index (χ0v) is 12.8. The first-order chi connectivity index (χ1) is 10.1. The van der Waals surface area contributed by atoms with Gasteiger partial charge in [-0.05, 0) is 19.9 Å². The Morgan fingerprint density at radius 1 is 1.33 bits per heavy atom. The van der Waals surface area contributed by atoms with Gasteiger partial charge in [0.15, 0.2) is 11.5 Å². The lowest BCUT2D eigenvalue weighted by molar-refractivity contribution is 0.0957. The van der Waals surface area contributed by atoms with Crippen molar-refractivity contribution in [2.45, 2.75) is 27.2 Å². The van der Waals surface area contributed by atoms with Gasteiger partial charge >= 0.3 is 0 Å². The van der Waals surface area contributed by atoms with Gasteiger partial charge in [-0.3, -0.25) is 4.79 Å². The van der Waals surface area contributed by atoms with Crippen LogP contribution in [0.15, 0.2) is 12.3 Å². The van der Waals surface area contributed by atoms with Gasteiger partial charge in [0.2, 0.25) is 0 Å². The summed E-state index contributed by atoms with van der Waals surface area (Å²) < 4.78 is 1.61. The van der Waals surface area contributed by atoms with Gasteiger partial charge in [-0.1, -0.05) is 6.92 Å². The van der Waals surface area contributed by atoms with Gasteiger partial charge in [0.1, 0.15) is 11.6 Å². The first-order valence-electron chi connectivity index (χ1n) is 7.00. The fraction of sp³-hybridized carbons (Fsp3) is 0.429. The fourth-order valence-electron chi connectivity index (χ4n) is 1.96. The molecule has 0 spiro atoms. The van der Waals surface area contributed by atoms with E-state index in [1.165, 1.54) is 0 Å². The van der Waals surface area contributed by atoms with Crippen LogP contribution in [0.3, 0.4) is 0 Å². The second kappa shape index (κ2) is 6.34. The van der Waals surface area contributed by atoms with E-state index < -0.39 is 0 Å². The number of nitrogens with one attached hydrogen (secondary N) is 2. The molecule has 0 aromatic carbocycles. The number of anilines is 1. The van der Waals surface area contributed by atoms with E-state index in [4.69, 9.17) is 0 Å². The highest BCUT2D eigenvalue weighted by Crippen LogP contribution is 2.19. The summed E-state index contributed by atoms with van der Waals surface area (Å²) in [5.74, 6) is 2.01. The summed E-state index contributed by atoms with van der Waals surface area (Å²) in [4.78, 5) is 20.6. The maximum Gasteiger partial charge on any atom is 0.271 e. The summed E-state index contributed by atoms with van der Waals surface area (Å²) in [6.07, 6.45) is 2.46. The lowest BCUT2D eigenvalue weighted by atomic mass is 10.3. The molecule has 0 unspecified atom stereocenters. The SMILES string of the molecule is CCNc1nc(CC)nc(-n2ccc(C(=O)NC)n2)c1C. The molecule has 0 aliphatic rings. The molecule has 0 aliphatic carbocycles. The van der Waals surface area contributed by atoms with Crippen molar-refractivity contribution in [2.24, 2.45) is 0 Å². The van der Waals surface area contributed by atoms with E-state index in [0.717, 1.165) is 30.2 Å². The minimum atomic E-state index is -0.219. The van der Waals surface area contributed by atoms with E-state index in [2.05, 4.69) is 25.7 Å². The van der Waals surface area contributed by atoms with E-state index in [1.807, 2.05) is 20.8 Å². The molecule has 21 heavy (non-hydrogen) atoms. The highest BCUT2D eigenvalue weighted by molar-refractivity contribution is 5.91. The maximum atomic E-state index is 11.6. The molecular formula is C14H20N6O. The van der Waals surface area contributed by atoms with Crippen molar-refractivity contribution >= 4 is 11.7 Å². The van der Waals surface area contributed by atoms with Crippen LogP contribution in [-0.4, -0.2) is 39.2 Å². The number of hydrogen-bond acceptors (Lipinski definition) is 5. The summed E-state index contributed by atoms with van der Waals surface area (Å²) >= 11 is 0. The van der Waals surface area contributed by atoms with E-state index in [1.54, 1.807) is 24.0 Å². The third-order valence-corrected chi connectivity index (χ3v) is 3.09. The number of aryl methyl sites for hydroxylation is 1. The molecule has 7 nitrogen and oxygen atoms in total. The normalized spacial score (nSPS) is 10.5. The Kier molecular flexibility index (Phi) is 4.52. The molecule has 2 aromatic rings. The van der Waals surface area contributed by atoms with Crippen molar-refractivity contribution in [3.63, 3.8) is 0 Å². The molecule has 2 rings (SSSR count). The third-order valence-electron chi connectivity index (χ3n) is 3.09. The van der Waals surface area contributed by atoms with Crippen molar-refractivity contribution in [1.82, 2.24) is 25.1 Å². The van der Waals surface area contributed by atoms with Gasteiger partial charge in [-0.2, -0.15) is 5.10 Å². The Balaban J connectivity index is 2.49. The largest absolute Gasteiger partial charge is 0.370 e. The van der Waals surface area contributed by atoms with Gasteiger partial charge in [-0.15, -0.1) is 0 Å². The molecule has 7 heteroatoms. The molecule has 0 bridgehead atoms. The Morgan fingerprint density at radius 2 is 2.10 bits per heavy atom. The van der Waals surface area contributed by atoms with Crippen LogP contribution >= 0.6 is 0 Å². The van der Waals surface area contributed by atoms with Gasteiger partial charge in [0.05, 0.1) is 0 Å². The van der Waals surface area contributed by atoms with Crippen LogP contribution < -0.4 is 10.6 Å². The highest BCUT2D eigenvalue weighted by atomic mass is 16.1. The zero-order valence-electron chi connectivity index (χ0n) is 12.8. The van der Waals surface area contributed by atoms with Gasteiger partial charge in [-0.25, -0.2) is 14.6 Å². The van der Waals surface area contributed by atoms with Crippen LogP contribution in [0.5, 0.6) is 0 Å². The molecule has 2 N–H and O–H groups in total. The molecule has 0 saturated heterocycles. The molecule has 0 atom stereocenters. The van der Waals surface area contributed by atoms with Crippen LogP contribution in [0.25, 0.3) is 5.82 Å². The number of rotatable bonds is 5. The van der Waals surface area contributed by atoms with Gasteiger partial charge < -0.3 is 10.6 Å². The molecule has 0 fully saturated rings. The summed E-state index contributed by atoms with van der Waals surface area (Å²) in [7, 11) is 1.58. The first-order valence-corrected chi connectivity index (χ1v) is 7.00. The number of carbonyl (C=O) groups is 1. The monoisotopic (exact) mass is 288 g/mol. The van der Waals surface area contributed by atoms with E-state index >= 15 is 0 Å². The first kappa shape index (κ1) is 15.0. The molecule has 112 valence electrons. The quantitative estimate of drug-likeness (QED) is 0.867. The minimum Gasteiger partial charge on any atom is -0.370 e. The van der Waals surface area contributed by atoms with Crippen molar-refractivity contribution in [3.8, 4) is 5.82 Å². The zero-order chi connectivity index (χ0) is 15.4. The lowest BCUT2D eigenvalue weighted by Crippen LogP contribution is -2.19. The van der Waals surface area contributed by atoms with E-state index in [0.29, 0.717) is 11.5 Å². The van der Waals surface area contributed by atoms with Crippen molar-refractivity contribution in [2.75, 3.05) is 18.9 Å². The number of nitrogens with zero attached hydrogens (tertiary/aromatic N) is 4. The topological polar surface area (TPSA) is 84.7 Å². The summed E-state index contributed by atoms with van der Waals surface area (Å²) in [5, 5.41) is 10.1. The number of aromatic nitrogens is 4. The summed E-state index contributed by atoms with van der Waals surface area (Å²) in [5.41, 5.74) is 1.26. The summed E-state index contributed by atoms with van der Waals surface area (Å²) in [6.45, 7) is 6.74. The molecule has 2 aromatic heterocycles. The number of amides is 1. The van der Waals surface area contributed by atoms with Crippen LogP contribution in [0.4, 0.5) is 5.82 Å². The van der Waals surface area contributed by atoms with Crippen LogP contribution in [0.2, 0.25) is 0 Å². The second-order valence-electron chi connectivity index (χ2n) is 4.55. The van der Waals surface area contributed by atoms with Crippen LogP contribution in [0, 0.1) is 6.92 Å². The molecule has 0 radical (unpaired) electrons. The Bertz CT molecular complexity index is 649. The molecule has 0 saturated carbocycles.